The molecule has 0 aliphatic heterocycles. The zero-order chi connectivity index (χ0) is 10.4. The molecule has 0 amide bonds. The summed E-state index contributed by atoms with van der Waals surface area (Å²) in [6.45, 7) is 10.8. The van der Waals surface area contributed by atoms with Crippen molar-refractivity contribution in [2.45, 2.75) is 41.0 Å². The van der Waals surface area contributed by atoms with E-state index in [1.54, 1.807) is 0 Å². The first-order chi connectivity index (χ1) is 5.93. The van der Waals surface area contributed by atoms with Gasteiger partial charge in [0.1, 0.15) is 0 Å². The lowest BCUT2D eigenvalue weighted by atomic mass is 10.1. The van der Waals surface area contributed by atoms with Crippen LogP contribution in [0, 0.1) is 11.8 Å². The second kappa shape index (κ2) is 6.26. The third kappa shape index (κ3) is 6.89. The molecule has 1 heteroatoms. The smallest absolute Gasteiger partial charge is 0.0212 e. The molecule has 0 fully saturated rings. The Morgan fingerprint density at radius 3 is 2.15 bits per heavy atom. The second-order valence-electron chi connectivity index (χ2n) is 4.29. The largest absolute Gasteiger partial charge is 0.0889 e. The number of hydrogen-bond acceptors (Lipinski definition) is 0. The van der Waals surface area contributed by atoms with Gasteiger partial charge < -0.3 is 0 Å². The lowest BCUT2D eigenvalue weighted by Gasteiger charge is -2.05. The number of allylic oxidation sites excluding steroid dienone is 4. The first kappa shape index (κ1) is 12.8. The fraction of sp³-hybridized carbons (Fsp3) is 0.667. The van der Waals surface area contributed by atoms with Gasteiger partial charge in [-0.2, -0.15) is 0 Å². The first-order valence-electron chi connectivity index (χ1n) is 4.97. The SMILES string of the molecule is CC(/C=C\C(C)C)=C(\Cl)CC(C)C. The van der Waals surface area contributed by atoms with Crippen molar-refractivity contribution in [1.29, 1.82) is 0 Å². The molecule has 0 saturated carbocycles. The minimum atomic E-state index is 0.596. The van der Waals surface area contributed by atoms with Crippen LogP contribution >= 0.6 is 11.6 Å². The maximum absolute atomic E-state index is 6.14. The molecule has 0 N–H and O–H groups in total. The average molecular weight is 201 g/mol. The zero-order valence-corrected chi connectivity index (χ0v) is 10.2. The number of rotatable bonds is 4. The van der Waals surface area contributed by atoms with E-state index in [2.05, 4.69) is 46.8 Å². The first-order valence-corrected chi connectivity index (χ1v) is 5.34. The summed E-state index contributed by atoms with van der Waals surface area (Å²) in [4.78, 5) is 0. The van der Waals surface area contributed by atoms with Gasteiger partial charge in [-0.1, -0.05) is 51.4 Å². The Kier molecular flexibility index (Phi) is 6.15. The predicted octanol–water partition coefficient (Wildman–Crippen LogP) is 4.76. The summed E-state index contributed by atoms with van der Waals surface area (Å²) in [6.07, 6.45) is 5.28. The molecule has 0 saturated heterocycles. The van der Waals surface area contributed by atoms with Crippen LogP contribution in [0.4, 0.5) is 0 Å². The van der Waals surface area contributed by atoms with Gasteiger partial charge >= 0.3 is 0 Å². The molecule has 0 aromatic heterocycles. The molecule has 0 atom stereocenters. The van der Waals surface area contributed by atoms with E-state index < -0.39 is 0 Å². The van der Waals surface area contributed by atoms with E-state index >= 15 is 0 Å². The van der Waals surface area contributed by atoms with Crippen molar-refractivity contribution in [2.24, 2.45) is 11.8 Å². The Bertz CT molecular complexity index is 197. The third-order valence-corrected chi connectivity index (χ3v) is 2.20. The van der Waals surface area contributed by atoms with Gasteiger partial charge in [0.2, 0.25) is 0 Å². The monoisotopic (exact) mass is 200 g/mol. The van der Waals surface area contributed by atoms with E-state index in [4.69, 9.17) is 11.6 Å². The van der Waals surface area contributed by atoms with Gasteiger partial charge in [0, 0.05) is 5.03 Å². The Labute approximate surface area is 87.7 Å². The molecule has 0 unspecified atom stereocenters. The van der Waals surface area contributed by atoms with Gasteiger partial charge in [-0.05, 0) is 30.8 Å². The lowest BCUT2D eigenvalue weighted by molar-refractivity contribution is 0.655. The van der Waals surface area contributed by atoms with E-state index in [0.29, 0.717) is 11.8 Å². The fourth-order valence-electron chi connectivity index (χ4n) is 0.947. The van der Waals surface area contributed by atoms with Crippen LogP contribution in [0.2, 0.25) is 0 Å². The summed E-state index contributed by atoms with van der Waals surface area (Å²) in [7, 11) is 0. The highest BCUT2D eigenvalue weighted by Crippen LogP contribution is 2.19. The summed E-state index contributed by atoms with van der Waals surface area (Å²) >= 11 is 6.14. The van der Waals surface area contributed by atoms with Gasteiger partial charge in [0.05, 0.1) is 0 Å². The van der Waals surface area contributed by atoms with E-state index in [1.807, 2.05) is 0 Å². The van der Waals surface area contributed by atoms with Crippen molar-refractivity contribution in [1.82, 2.24) is 0 Å². The highest BCUT2D eigenvalue weighted by molar-refractivity contribution is 6.30. The normalized spacial score (nSPS) is 14.5. The van der Waals surface area contributed by atoms with Crippen LogP contribution in [0.5, 0.6) is 0 Å². The molecule has 13 heavy (non-hydrogen) atoms. The van der Waals surface area contributed by atoms with Crippen LogP contribution in [0.1, 0.15) is 41.0 Å². The maximum Gasteiger partial charge on any atom is 0.0212 e. The van der Waals surface area contributed by atoms with Crippen molar-refractivity contribution in [3.8, 4) is 0 Å². The van der Waals surface area contributed by atoms with Crippen LogP contribution in [0.3, 0.4) is 0 Å². The Morgan fingerprint density at radius 2 is 1.77 bits per heavy atom. The number of hydrogen-bond donors (Lipinski definition) is 0. The van der Waals surface area contributed by atoms with Crippen molar-refractivity contribution >= 4 is 11.6 Å². The minimum Gasteiger partial charge on any atom is -0.0889 e. The molecule has 0 rings (SSSR count). The summed E-state index contributed by atoms with van der Waals surface area (Å²) in [5.74, 6) is 1.23. The van der Waals surface area contributed by atoms with Gasteiger partial charge in [0.15, 0.2) is 0 Å². The summed E-state index contributed by atoms with van der Waals surface area (Å²) in [6, 6.07) is 0. The van der Waals surface area contributed by atoms with Gasteiger partial charge in [-0.25, -0.2) is 0 Å². The third-order valence-electron chi connectivity index (χ3n) is 1.75. The van der Waals surface area contributed by atoms with Gasteiger partial charge in [-0.15, -0.1) is 0 Å². The minimum absolute atomic E-state index is 0.596. The fourth-order valence-corrected chi connectivity index (χ4v) is 1.32. The molecule has 0 bridgehead atoms. The van der Waals surface area contributed by atoms with E-state index in [0.717, 1.165) is 11.5 Å². The molecule has 0 radical (unpaired) electrons. The number of halogens is 1. The molecule has 0 aliphatic carbocycles. The van der Waals surface area contributed by atoms with E-state index in [-0.39, 0.29) is 0 Å². The predicted molar refractivity (Wildman–Crippen MR) is 62.0 cm³/mol. The van der Waals surface area contributed by atoms with Gasteiger partial charge in [-0.3, -0.25) is 0 Å². The van der Waals surface area contributed by atoms with Crippen molar-refractivity contribution < 1.29 is 0 Å². The molecule has 0 aromatic rings. The van der Waals surface area contributed by atoms with Crippen LogP contribution in [-0.2, 0) is 0 Å². The molecule has 0 aromatic carbocycles. The lowest BCUT2D eigenvalue weighted by Crippen LogP contribution is -1.88. The van der Waals surface area contributed by atoms with Gasteiger partial charge in [0.25, 0.3) is 0 Å². The molecular formula is C12H21Cl. The summed E-state index contributed by atoms with van der Waals surface area (Å²) < 4.78 is 0. The van der Waals surface area contributed by atoms with Crippen molar-refractivity contribution in [3.05, 3.63) is 22.8 Å². The molecular weight excluding hydrogens is 180 g/mol. The highest BCUT2D eigenvalue weighted by Gasteiger charge is 2.00. The molecule has 0 aliphatic rings. The highest BCUT2D eigenvalue weighted by atomic mass is 35.5. The zero-order valence-electron chi connectivity index (χ0n) is 9.39. The second-order valence-corrected chi connectivity index (χ2v) is 4.75. The maximum atomic E-state index is 6.14. The Balaban J connectivity index is 4.26. The summed E-state index contributed by atoms with van der Waals surface area (Å²) in [5.41, 5.74) is 1.20. The summed E-state index contributed by atoms with van der Waals surface area (Å²) in [5, 5.41) is 0.993. The Hall–Kier alpha value is -0.230. The van der Waals surface area contributed by atoms with Crippen molar-refractivity contribution in [2.75, 3.05) is 0 Å². The van der Waals surface area contributed by atoms with Crippen molar-refractivity contribution in [3.63, 3.8) is 0 Å². The standard InChI is InChI=1S/C12H21Cl/c1-9(2)6-7-11(5)12(13)8-10(3)4/h6-7,9-10H,8H2,1-5H3/b7-6-,12-11+. The molecule has 0 heterocycles. The Morgan fingerprint density at radius 1 is 1.23 bits per heavy atom. The van der Waals surface area contributed by atoms with E-state index in [9.17, 15) is 0 Å². The van der Waals surface area contributed by atoms with Crippen LogP contribution in [-0.4, -0.2) is 0 Å². The average Bonchev–Trinajstić information content (AvgIpc) is 1.98. The molecule has 0 spiro atoms. The van der Waals surface area contributed by atoms with Crippen LogP contribution in [0.15, 0.2) is 22.8 Å². The molecule has 0 nitrogen and oxygen atoms in total. The molecule has 76 valence electrons. The topological polar surface area (TPSA) is 0 Å². The van der Waals surface area contributed by atoms with E-state index in [1.165, 1.54) is 5.57 Å². The van der Waals surface area contributed by atoms with Crippen LogP contribution < -0.4 is 0 Å². The van der Waals surface area contributed by atoms with Crippen LogP contribution in [0.25, 0.3) is 0 Å². The quantitative estimate of drug-likeness (QED) is 0.575.